The lowest BCUT2D eigenvalue weighted by Crippen LogP contribution is -2.51. The van der Waals surface area contributed by atoms with E-state index in [1.807, 2.05) is 6.07 Å². The maximum Gasteiger partial charge on any atom is 0.321 e. The lowest BCUT2D eigenvalue weighted by Gasteiger charge is -2.35. The zero-order valence-electron chi connectivity index (χ0n) is 15.5. The smallest absolute Gasteiger partial charge is 0.321 e. The molecule has 0 aliphatic carbocycles. The number of hydrogen-bond donors (Lipinski definition) is 2. The summed E-state index contributed by atoms with van der Waals surface area (Å²) in [5.74, 6) is 1.90. The summed E-state index contributed by atoms with van der Waals surface area (Å²) in [6, 6.07) is 10.6. The van der Waals surface area contributed by atoms with Crippen LogP contribution in [0.25, 0.3) is 0 Å². The Labute approximate surface area is 162 Å². The van der Waals surface area contributed by atoms with Crippen molar-refractivity contribution in [3.05, 3.63) is 48.8 Å². The molecule has 1 fully saturated rings. The van der Waals surface area contributed by atoms with Gasteiger partial charge in [0.15, 0.2) is 0 Å². The first-order chi connectivity index (χ1) is 13.5. The number of piperidine rings is 1. The van der Waals surface area contributed by atoms with Crippen LogP contribution >= 0.6 is 0 Å². The summed E-state index contributed by atoms with van der Waals surface area (Å²) >= 11 is 0. The molecule has 1 saturated heterocycles. The highest BCUT2D eigenvalue weighted by molar-refractivity contribution is 6.07. The van der Waals surface area contributed by atoms with Crippen LogP contribution in [-0.2, 0) is 4.79 Å². The lowest BCUT2D eigenvalue weighted by molar-refractivity contribution is -0.125. The summed E-state index contributed by atoms with van der Waals surface area (Å²) in [4.78, 5) is 34.8. The van der Waals surface area contributed by atoms with E-state index in [0.717, 1.165) is 0 Å². The molecule has 0 bridgehead atoms. The Bertz CT molecular complexity index is 903. The van der Waals surface area contributed by atoms with Gasteiger partial charge < -0.3 is 20.3 Å². The van der Waals surface area contributed by atoms with Crippen LogP contribution in [-0.4, -0.2) is 46.3 Å². The van der Waals surface area contributed by atoms with Gasteiger partial charge in [-0.15, -0.1) is 0 Å². The Morgan fingerprint density at radius 1 is 1.18 bits per heavy atom. The van der Waals surface area contributed by atoms with Crippen molar-refractivity contribution in [1.82, 2.24) is 15.2 Å². The number of pyridine rings is 1. The zero-order valence-corrected chi connectivity index (χ0v) is 15.5. The van der Waals surface area contributed by atoms with Crippen LogP contribution in [0.15, 0.2) is 53.8 Å². The van der Waals surface area contributed by atoms with Gasteiger partial charge in [-0.25, -0.2) is 4.79 Å². The molecule has 8 nitrogen and oxygen atoms in total. The Morgan fingerprint density at radius 3 is 2.54 bits per heavy atom. The van der Waals surface area contributed by atoms with Crippen molar-refractivity contribution in [2.24, 2.45) is 4.99 Å². The second-order valence-electron chi connectivity index (χ2n) is 6.92. The highest BCUT2D eigenvalue weighted by atomic mass is 16.5. The number of urea groups is 1. The lowest BCUT2D eigenvalue weighted by atomic mass is 9.88. The van der Waals surface area contributed by atoms with Crippen molar-refractivity contribution in [3.8, 4) is 11.5 Å². The molecule has 1 aromatic heterocycles. The first kappa shape index (κ1) is 18.0. The van der Waals surface area contributed by atoms with Crippen LogP contribution in [0.2, 0.25) is 0 Å². The molecule has 2 aliphatic heterocycles. The van der Waals surface area contributed by atoms with Crippen LogP contribution in [0.1, 0.15) is 19.8 Å². The van der Waals surface area contributed by atoms with Crippen molar-refractivity contribution in [1.29, 1.82) is 0 Å². The molecule has 4 rings (SSSR count). The minimum absolute atomic E-state index is 0.0609. The number of carbonyl (C=O) groups excluding carboxylic acids is 2. The number of amidine groups is 1. The second-order valence-corrected chi connectivity index (χ2v) is 6.92. The molecule has 0 saturated carbocycles. The first-order valence-electron chi connectivity index (χ1n) is 9.16. The largest absolute Gasteiger partial charge is 0.456 e. The average Bonchev–Trinajstić information content (AvgIpc) is 2.97. The van der Waals surface area contributed by atoms with E-state index in [-0.39, 0.29) is 11.9 Å². The Morgan fingerprint density at radius 2 is 1.93 bits per heavy atom. The van der Waals surface area contributed by atoms with Crippen molar-refractivity contribution < 1.29 is 14.3 Å². The van der Waals surface area contributed by atoms with Gasteiger partial charge in [0.1, 0.15) is 22.9 Å². The van der Waals surface area contributed by atoms with E-state index >= 15 is 0 Å². The maximum atomic E-state index is 12.5. The van der Waals surface area contributed by atoms with Gasteiger partial charge in [-0.3, -0.25) is 14.8 Å². The van der Waals surface area contributed by atoms with E-state index in [0.29, 0.717) is 49.0 Å². The van der Waals surface area contributed by atoms with Crippen LogP contribution in [0.3, 0.4) is 0 Å². The Balaban J connectivity index is 1.32. The first-order valence-corrected chi connectivity index (χ1v) is 9.16. The van der Waals surface area contributed by atoms with Crippen molar-refractivity contribution >= 4 is 23.5 Å². The predicted octanol–water partition coefficient (Wildman–Crippen LogP) is 2.79. The number of aliphatic imine (C=N–C) groups is 1. The summed E-state index contributed by atoms with van der Waals surface area (Å²) in [6.45, 7) is 2.75. The highest BCUT2D eigenvalue weighted by Gasteiger charge is 2.45. The number of hydrogen-bond acceptors (Lipinski definition) is 5. The molecule has 2 aliphatic rings. The van der Waals surface area contributed by atoms with Gasteiger partial charge in [0.2, 0.25) is 0 Å². The van der Waals surface area contributed by atoms with Crippen LogP contribution in [0.5, 0.6) is 11.5 Å². The molecule has 2 aromatic rings. The number of amides is 3. The quantitative estimate of drug-likeness (QED) is 0.857. The third-order valence-corrected chi connectivity index (χ3v) is 4.95. The van der Waals surface area contributed by atoms with E-state index in [2.05, 4.69) is 20.6 Å². The number of benzene rings is 1. The van der Waals surface area contributed by atoms with Crippen LogP contribution < -0.4 is 15.4 Å². The number of ether oxygens (including phenoxy) is 1. The van der Waals surface area contributed by atoms with Gasteiger partial charge in [-0.2, -0.15) is 0 Å². The SMILES string of the molecule is CC1=NC2(CCN(C(=O)Nc3ccc(Oc4cccnc4)cc3)CC2)C(=O)N1. The maximum absolute atomic E-state index is 12.5. The van der Waals surface area contributed by atoms with Gasteiger partial charge in [0.05, 0.1) is 6.20 Å². The van der Waals surface area contributed by atoms with Gasteiger partial charge >= 0.3 is 6.03 Å². The van der Waals surface area contributed by atoms with Gasteiger partial charge in [0.25, 0.3) is 5.91 Å². The molecular weight excluding hydrogens is 358 g/mol. The van der Waals surface area contributed by atoms with Gasteiger partial charge in [-0.1, -0.05) is 0 Å². The molecule has 3 amide bonds. The summed E-state index contributed by atoms with van der Waals surface area (Å²) in [5.41, 5.74) is -0.0251. The summed E-state index contributed by atoms with van der Waals surface area (Å²) < 4.78 is 5.69. The molecular formula is C20H21N5O3. The molecule has 3 heterocycles. The number of nitrogens with one attached hydrogen (secondary N) is 2. The van der Waals surface area contributed by atoms with E-state index in [1.54, 1.807) is 54.5 Å². The minimum Gasteiger partial charge on any atom is -0.456 e. The third kappa shape index (κ3) is 3.66. The average molecular weight is 379 g/mol. The summed E-state index contributed by atoms with van der Waals surface area (Å²) in [6.07, 6.45) is 4.37. The molecule has 1 spiro atoms. The van der Waals surface area contributed by atoms with Crippen molar-refractivity contribution in [3.63, 3.8) is 0 Å². The minimum atomic E-state index is -0.702. The second kappa shape index (κ2) is 7.30. The van der Waals surface area contributed by atoms with E-state index < -0.39 is 5.54 Å². The number of nitrogens with zero attached hydrogens (tertiary/aromatic N) is 3. The van der Waals surface area contributed by atoms with Gasteiger partial charge in [-0.05, 0) is 56.2 Å². The van der Waals surface area contributed by atoms with E-state index in [1.165, 1.54) is 0 Å². The molecule has 8 heteroatoms. The molecule has 144 valence electrons. The monoisotopic (exact) mass is 379 g/mol. The summed E-state index contributed by atoms with van der Waals surface area (Å²) in [5, 5.41) is 5.64. The number of carbonyl (C=O) groups is 2. The Kier molecular flexibility index (Phi) is 4.68. The predicted molar refractivity (Wildman–Crippen MR) is 105 cm³/mol. The van der Waals surface area contributed by atoms with Crippen LogP contribution in [0.4, 0.5) is 10.5 Å². The fourth-order valence-electron chi connectivity index (χ4n) is 3.45. The molecule has 0 unspecified atom stereocenters. The zero-order chi connectivity index (χ0) is 19.6. The van der Waals surface area contributed by atoms with Crippen molar-refractivity contribution in [2.75, 3.05) is 18.4 Å². The molecule has 0 atom stereocenters. The number of aromatic nitrogens is 1. The van der Waals surface area contributed by atoms with E-state index in [4.69, 9.17) is 4.74 Å². The number of likely N-dealkylation sites (tertiary alicyclic amines) is 1. The van der Waals surface area contributed by atoms with Gasteiger partial charge in [0, 0.05) is 25.0 Å². The number of anilines is 1. The molecule has 1 aromatic carbocycles. The van der Waals surface area contributed by atoms with Crippen LogP contribution in [0, 0.1) is 0 Å². The fourth-order valence-corrected chi connectivity index (χ4v) is 3.45. The van der Waals surface area contributed by atoms with E-state index in [9.17, 15) is 9.59 Å². The third-order valence-electron chi connectivity index (χ3n) is 4.95. The normalized spacial score (nSPS) is 17.8. The fraction of sp³-hybridized carbons (Fsp3) is 0.300. The van der Waals surface area contributed by atoms with Crippen molar-refractivity contribution in [2.45, 2.75) is 25.3 Å². The highest BCUT2D eigenvalue weighted by Crippen LogP contribution is 2.30. The molecule has 28 heavy (non-hydrogen) atoms. The standard InChI is InChI=1S/C20H21N5O3/c1-14-22-18(26)20(24-14)8-11-25(12-9-20)19(27)23-15-4-6-16(7-5-15)28-17-3-2-10-21-13-17/h2-7,10,13H,8-9,11-12H2,1H3,(H,23,27)(H,22,24,26). The molecule has 0 radical (unpaired) electrons. The topological polar surface area (TPSA) is 95.9 Å². The summed E-state index contributed by atoms with van der Waals surface area (Å²) in [7, 11) is 0. The Hall–Kier alpha value is -3.42. The number of rotatable bonds is 3. The molecule has 2 N–H and O–H groups in total.